The molecule has 0 aliphatic carbocycles. The molecule has 0 N–H and O–H groups in total. The Labute approximate surface area is 59.4 Å². The summed E-state index contributed by atoms with van der Waals surface area (Å²) in [5, 5.41) is 0. The van der Waals surface area contributed by atoms with Gasteiger partial charge in [-0.05, 0) is 6.42 Å². The fraction of sp³-hybridized carbons (Fsp3) is 0.714. The molecule has 3 heteroatoms. The Morgan fingerprint density at radius 1 is 1.80 bits per heavy atom. The lowest BCUT2D eigenvalue weighted by Crippen LogP contribution is -2.07. The fourth-order valence-electron chi connectivity index (χ4n) is 1.04. The highest BCUT2D eigenvalue weighted by Crippen LogP contribution is 2.20. The van der Waals surface area contributed by atoms with Gasteiger partial charge < -0.3 is 9.53 Å². The van der Waals surface area contributed by atoms with Crippen LogP contribution in [0.2, 0.25) is 0 Å². The molecule has 56 valence electrons. The van der Waals surface area contributed by atoms with Gasteiger partial charge in [-0.2, -0.15) is 0 Å². The van der Waals surface area contributed by atoms with E-state index >= 15 is 0 Å². The van der Waals surface area contributed by atoms with Crippen molar-refractivity contribution in [3.8, 4) is 0 Å². The van der Waals surface area contributed by atoms with E-state index in [2.05, 4.69) is 0 Å². The molecule has 10 heavy (non-hydrogen) atoms. The maximum Gasteiger partial charge on any atom is 0.316 e. The maximum atomic E-state index is 10.7. The Bertz CT molecular complexity index is 153. The van der Waals surface area contributed by atoms with Gasteiger partial charge in [0.25, 0.3) is 0 Å². The average molecular weight is 142 g/mol. The van der Waals surface area contributed by atoms with E-state index in [1.54, 1.807) is 0 Å². The molecule has 2 atom stereocenters. The van der Waals surface area contributed by atoms with Crippen LogP contribution >= 0.6 is 0 Å². The molecule has 1 heterocycles. The Balaban J connectivity index is 2.52. The third kappa shape index (κ3) is 1.17. The standard InChI is InChI=1S/C7H10O3/c1-2-6-3-5(4-8)7(9)10-6/h4-6H,2-3H2,1H3/t5-,6+/m0/s1. The molecule has 1 rings (SSSR count). The number of hydrogen-bond donors (Lipinski definition) is 0. The zero-order chi connectivity index (χ0) is 7.56. The number of ether oxygens (including phenoxy) is 1. The van der Waals surface area contributed by atoms with Crippen LogP contribution in [0.15, 0.2) is 0 Å². The average Bonchev–Trinajstić information content (AvgIpc) is 2.30. The molecule has 3 nitrogen and oxygen atoms in total. The Hall–Kier alpha value is -0.860. The molecule has 1 aliphatic rings. The van der Waals surface area contributed by atoms with Crippen molar-refractivity contribution in [2.75, 3.05) is 0 Å². The van der Waals surface area contributed by atoms with Crippen molar-refractivity contribution >= 4 is 12.3 Å². The summed E-state index contributed by atoms with van der Waals surface area (Å²) >= 11 is 0. The minimum absolute atomic E-state index is 0.0253. The third-order valence-corrected chi connectivity index (χ3v) is 1.72. The maximum absolute atomic E-state index is 10.7. The van der Waals surface area contributed by atoms with Gasteiger partial charge in [0.2, 0.25) is 0 Å². The molecule has 1 saturated heterocycles. The van der Waals surface area contributed by atoms with Gasteiger partial charge in [0.05, 0.1) is 0 Å². The number of cyclic esters (lactones) is 1. The van der Waals surface area contributed by atoms with Crippen LogP contribution in [0.4, 0.5) is 0 Å². The molecule has 0 aromatic heterocycles. The van der Waals surface area contributed by atoms with E-state index in [0.717, 1.165) is 6.42 Å². The molecule has 1 aliphatic heterocycles. The summed E-state index contributed by atoms with van der Waals surface area (Å²) in [4.78, 5) is 20.9. The van der Waals surface area contributed by atoms with E-state index in [0.29, 0.717) is 12.7 Å². The molecule has 1 fully saturated rings. The molecule has 0 aromatic carbocycles. The first-order valence-electron chi connectivity index (χ1n) is 3.43. The smallest absolute Gasteiger partial charge is 0.316 e. The van der Waals surface area contributed by atoms with Gasteiger partial charge in [0.1, 0.15) is 18.3 Å². The summed E-state index contributed by atoms with van der Waals surface area (Å²) < 4.78 is 4.84. The largest absolute Gasteiger partial charge is 0.462 e. The minimum atomic E-state index is -0.495. The van der Waals surface area contributed by atoms with Crippen molar-refractivity contribution in [3.05, 3.63) is 0 Å². The number of aldehydes is 1. The second-order valence-electron chi connectivity index (χ2n) is 2.45. The van der Waals surface area contributed by atoms with Crippen molar-refractivity contribution in [2.24, 2.45) is 5.92 Å². The number of carbonyl (C=O) groups is 2. The normalized spacial score (nSPS) is 31.9. The van der Waals surface area contributed by atoms with Gasteiger partial charge in [-0.3, -0.25) is 4.79 Å². The van der Waals surface area contributed by atoms with Crippen molar-refractivity contribution < 1.29 is 14.3 Å². The summed E-state index contributed by atoms with van der Waals surface area (Å²) in [5.74, 6) is -0.855. The predicted molar refractivity (Wildman–Crippen MR) is 34.3 cm³/mol. The lowest BCUT2D eigenvalue weighted by atomic mass is 10.1. The summed E-state index contributed by atoms with van der Waals surface area (Å²) in [5.41, 5.74) is 0. The molecule has 0 saturated carbocycles. The van der Waals surface area contributed by atoms with Crippen LogP contribution in [0.5, 0.6) is 0 Å². The molecule has 0 unspecified atom stereocenters. The molecule has 0 amide bonds. The predicted octanol–water partition coefficient (Wildman–Crippen LogP) is 0.527. The van der Waals surface area contributed by atoms with Crippen molar-refractivity contribution in [1.29, 1.82) is 0 Å². The SMILES string of the molecule is CC[C@@H]1C[C@@H](C=O)C(=O)O1. The summed E-state index contributed by atoms with van der Waals surface area (Å²) in [6.45, 7) is 1.94. The molecule has 0 spiro atoms. The Morgan fingerprint density at radius 2 is 2.50 bits per heavy atom. The van der Waals surface area contributed by atoms with Gasteiger partial charge in [0, 0.05) is 6.42 Å². The quantitative estimate of drug-likeness (QED) is 0.321. The van der Waals surface area contributed by atoms with E-state index in [-0.39, 0.29) is 12.1 Å². The molecule has 0 aromatic rings. The first-order valence-corrected chi connectivity index (χ1v) is 3.43. The minimum Gasteiger partial charge on any atom is -0.462 e. The first kappa shape index (κ1) is 7.25. The van der Waals surface area contributed by atoms with Crippen molar-refractivity contribution in [1.82, 2.24) is 0 Å². The summed E-state index contributed by atoms with van der Waals surface area (Å²) in [6, 6.07) is 0. The van der Waals surface area contributed by atoms with Gasteiger partial charge in [-0.15, -0.1) is 0 Å². The lowest BCUT2D eigenvalue weighted by Gasteiger charge is -2.01. The number of carbonyl (C=O) groups excluding carboxylic acids is 2. The number of rotatable bonds is 2. The lowest BCUT2D eigenvalue weighted by molar-refractivity contribution is -0.145. The van der Waals surface area contributed by atoms with Crippen LogP contribution in [-0.2, 0) is 14.3 Å². The number of hydrogen-bond acceptors (Lipinski definition) is 3. The molecular formula is C7H10O3. The van der Waals surface area contributed by atoms with Crippen LogP contribution in [-0.4, -0.2) is 18.4 Å². The fourth-order valence-corrected chi connectivity index (χ4v) is 1.04. The van der Waals surface area contributed by atoms with Gasteiger partial charge in [-0.1, -0.05) is 6.92 Å². The van der Waals surface area contributed by atoms with Crippen LogP contribution < -0.4 is 0 Å². The second kappa shape index (κ2) is 2.82. The topological polar surface area (TPSA) is 43.4 Å². The van der Waals surface area contributed by atoms with Crippen LogP contribution in [0.3, 0.4) is 0 Å². The Kier molecular flexibility index (Phi) is 2.04. The molecule has 0 bridgehead atoms. The second-order valence-corrected chi connectivity index (χ2v) is 2.45. The van der Waals surface area contributed by atoms with E-state index in [4.69, 9.17) is 4.74 Å². The van der Waals surface area contributed by atoms with Gasteiger partial charge in [-0.25, -0.2) is 0 Å². The van der Waals surface area contributed by atoms with Crippen LogP contribution in [0.1, 0.15) is 19.8 Å². The van der Waals surface area contributed by atoms with E-state index in [1.165, 1.54) is 0 Å². The monoisotopic (exact) mass is 142 g/mol. The highest BCUT2D eigenvalue weighted by molar-refractivity contribution is 5.89. The number of esters is 1. The Morgan fingerprint density at radius 3 is 2.80 bits per heavy atom. The highest BCUT2D eigenvalue weighted by Gasteiger charge is 2.32. The molecular weight excluding hydrogens is 132 g/mol. The zero-order valence-corrected chi connectivity index (χ0v) is 5.87. The third-order valence-electron chi connectivity index (χ3n) is 1.72. The van der Waals surface area contributed by atoms with Gasteiger partial charge in [0.15, 0.2) is 0 Å². The van der Waals surface area contributed by atoms with Crippen LogP contribution in [0.25, 0.3) is 0 Å². The van der Waals surface area contributed by atoms with E-state index < -0.39 is 5.92 Å². The summed E-state index contributed by atoms with van der Waals surface area (Å²) in [6.07, 6.45) is 2.01. The highest BCUT2D eigenvalue weighted by atomic mass is 16.6. The first-order chi connectivity index (χ1) is 4.77. The van der Waals surface area contributed by atoms with E-state index in [1.807, 2.05) is 6.92 Å². The summed E-state index contributed by atoms with van der Waals surface area (Å²) in [7, 11) is 0. The van der Waals surface area contributed by atoms with E-state index in [9.17, 15) is 9.59 Å². The molecule has 0 radical (unpaired) electrons. The van der Waals surface area contributed by atoms with Crippen LogP contribution in [0, 0.1) is 5.92 Å². The van der Waals surface area contributed by atoms with Crippen molar-refractivity contribution in [3.63, 3.8) is 0 Å². The zero-order valence-electron chi connectivity index (χ0n) is 5.87. The van der Waals surface area contributed by atoms with Crippen molar-refractivity contribution in [2.45, 2.75) is 25.9 Å². The van der Waals surface area contributed by atoms with Gasteiger partial charge >= 0.3 is 5.97 Å².